The Morgan fingerprint density at radius 2 is 2.13 bits per heavy atom. The van der Waals surface area contributed by atoms with Gasteiger partial charge in [0.1, 0.15) is 17.4 Å². The smallest absolute Gasteiger partial charge is 0.221 e. The summed E-state index contributed by atoms with van der Waals surface area (Å²) in [6.45, 7) is 3.79. The number of ether oxygens (including phenoxy) is 1. The number of aryl methyl sites for hydroxylation is 1. The summed E-state index contributed by atoms with van der Waals surface area (Å²) in [5, 5.41) is 4.53. The number of nitrogens with one attached hydrogen (secondary N) is 1. The third kappa shape index (κ3) is 5.62. The minimum Gasteiger partial charge on any atom is -0.467 e. The average molecular weight is 451 g/mol. The van der Waals surface area contributed by atoms with Crippen molar-refractivity contribution in [1.29, 1.82) is 0 Å². The zero-order valence-electron chi connectivity index (χ0n) is 17.0. The van der Waals surface area contributed by atoms with Gasteiger partial charge >= 0.3 is 0 Å². The fourth-order valence-corrected chi connectivity index (χ4v) is 3.59. The predicted octanol–water partition coefficient (Wildman–Crippen LogP) is 4.25. The first-order chi connectivity index (χ1) is 14.5. The first-order valence-electron chi connectivity index (χ1n) is 9.70. The van der Waals surface area contributed by atoms with Crippen LogP contribution in [0.15, 0.2) is 34.9 Å². The molecule has 2 heterocycles. The lowest BCUT2D eigenvalue weighted by atomic mass is 10.2. The van der Waals surface area contributed by atoms with Crippen LogP contribution in [0.25, 0.3) is 10.9 Å². The van der Waals surface area contributed by atoms with E-state index in [1.807, 2.05) is 24.0 Å². The number of carbonyl (C=O) groups excluding carboxylic acids is 1. The zero-order valence-corrected chi connectivity index (χ0v) is 18.5. The summed E-state index contributed by atoms with van der Waals surface area (Å²) < 4.78 is 10.5. The molecule has 7 nitrogen and oxygen atoms in total. The minimum atomic E-state index is -0.0679. The Hall–Kier alpha value is -2.35. The second-order valence-electron chi connectivity index (χ2n) is 6.69. The lowest BCUT2D eigenvalue weighted by Gasteiger charge is -2.24. The number of aromatic nitrogens is 2. The maximum Gasteiger partial charge on any atom is 0.221 e. The Bertz CT molecular complexity index is 996. The van der Waals surface area contributed by atoms with Crippen LogP contribution in [-0.4, -0.2) is 42.7 Å². The van der Waals surface area contributed by atoms with Crippen LogP contribution in [0, 0.1) is 0 Å². The van der Waals surface area contributed by atoms with Gasteiger partial charge in [-0.3, -0.25) is 4.79 Å². The SMILES string of the molecule is CCc1nc(N(CCC(=O)NCCOC)Cc2ccco2)c2cc(Cl)cc(Cl)c2n1. The van der Waals surface area contributed by atoms with Gasteiger partial charge in [0, 0.05) is 43.4 Å². The molecule has 1 aromatic carbocycles. The quantitative estimate of drug-likeness (QED) is 0.465. The number of benzene rings is 1. The Kier molecular flexibility index (Phi) is 7.90. The molecule has 0 bridgehead atoms. The molecule has 0 spiro atoms. The summed E-state index contributed by atoms with van der Waals surface area (Å²) in [4.78, 5) is 23.6. The van der Waals surface area contributed by atoms with Crippen molar-refractivity contribution in [2.45, 2.75) is 26.3 Å². The van der Waals surface area contributed by atoms with Crippen LogP contribution in [0.3, 0.4) is 0 Å². The first-order valence-corrected chi connectivity index (χ1v) is 10.5. The van der Waals surface area contributed by atoms with Crippen molar-refractivity contribution >= 4 is 45.8 Å². The van der Waals surface area contributed by atoms with E-state index >= 15 is 0 Å². The second kappa shape index (κ2) is 10.6. The number of anilines is 1. The van der Waals surface area contributed by atoms with E-state index in [-0.39, 0.29) is 12.3 Å². The highest BCUT2D eigenvalue weighted by Gasteiger charge is 2.19. The summed E-state index contributed by atoms with van der Waals surface area (Å²) >= 11 is 12.7. The average Bonchev–Trinajstić information content (AvgIpc) is 3.24. The number of fused-ring (bicyclic) bond motifs is 1. The molecule has 30 heavy (non-hydrogen) atoms. The van der Waals surface area contributed by atoms with Crippen LogP contribution in [-0.2, 0) is 22.5 Å². The lowest BCUT2D eigenvalue weighted by Crippen LogP contribution is -2.32. The van der Waals surface area contributed by atoms with E-state index in [1.54, 1.807) is 25.5 Å². The third-order valence-electron chi connectivity index (χ3n) is 4.52. The van der Waals surface area contributed by atoms with Gasteiger partial charge in [0.15, 0.2) is 0 Å². The van der Waals surface area contributed by atoms with E-state index in [2.05, 4.69) is 10.3 Å². The van der Waals surface area contributed by atoms with Crippen molar-refractivity contribution in [3.8, 4) is 0 Å². The van der Waals surface area contributed by atoms with Gasteiger partial charge in [-0.05, 0) is 24.3 Å². The van der Waals surface area contributed by atoms with E-state index in [4.69, 9.17) is 37.3 Å². The normalized spacial score (nSPS) is 11.1. The molecule has 1 amide bonds. The van der Waals surface area contributed by atoms with E-state index < -0.39 is 0 Å². The van der Waals surface area contributed by atoms with Crippen molar-refractivity contribution in [3.63, 3.8) is 0 Å². The van der Waals surface area contributed by atoms with Crippen molar-refractivity contribution in [2.24, 2.45) is 0 Å². The van der Waals surface area contributed by atoms with E-state index in [0.29, 0.717) is 59.9 Å². The van der Waals surface area contributed by atoms with Crippen molar-refractivity contribution < 1.29 is 13.9 Å². The van der Waals surface area contributed by atoms with Crippen LogP contribution in [0.5, 0.6) is 0 Å². The number of hydrogen-bond acceptors (Lipinski definition) is 6. The van der Waals surface area contributed by atoms with E-state index in [0.717, 1.165) is 11.1 Å². The number of furan rings is 1. The van der Waals surface area contributed by atoms with Crippen LogP contribution in [0.1, 0.15) is 24.9 Å². The first kappa shape index (κ1) is 22.3. The van der Waals surface area contributed by atoms with Crippen LogP contribution < -0.4 is 10.2 Å². The van der Waals surface area contributed by atoms with Crippen molar-refractivity contribution in [3.05, 3.63) is 52.2 Å². The molecule has 0 unspecified atom stereocenters. The second-order valence-corrected chi connectivity index (χ2v) is 7.54. The number of halogens is 2. The fourth-order valence-electron chi connectivity index (χ4n) is 3.05. The summed E-state index contributed by atoms with van der Waals surface area (Å²) in [6, 6.07) is 7.18. The van der Waals surface area contributed by atoms with Gasteiger partial charge in [-0.2, -0.15) is 0 Å². The highest BCUT2D eigenvalue weighted by Crippen LogP contribution is 2.33. The third-order valence-corrected chi connectivity index (χ3v) is 5.03. The maximum atomic E-state index is 12.3. The van der Waals surface area contributed by atoms with Crippen LogP contribution >= 0.6 is 23.2 Å². The van der Waals surface area contributed by atoms with E-state index in [9.17, 15) is 4.79 Å². The Morgan fingerprint density at radius 1 is 1.30 bits per heavy atom. The standard InChI is InChI=1S/C21H24Cl2N4O3/c1-3-18-25-20-16(11-14(22)12-17(20)23)21(26-18)27(13-15-5-4-9-30-15)8-6-19(28)24-7-10-29-2/h4-5,9,11-12H,3,6-8,10,13H2,1-2H3,(H,24,28). The molecule has 3 rings (SSSR count). The Morgan fingerprint density at radius 3 is 2.83 bits per heavy atom. The van der Waals surface area contributed by atoms with Crippen molar-refractivity contribution in [1.82, 2.24) is 15.3 Å². The molecule has 0 saturated heterocycles. The Labute approximate surface area is 185 Å². The van der Waals surface area contributed by atoms with Crippen molar-refractivity contribution in [2.75, 3.05) is 31.7 Å². The monoisotopic (exact) mass is 450 g/mol. The number of methoxy groups -OCH3 is 1. The number of hydrogen-bond donors (Lipinski definition) is 1. The van der Waals surface area contributed by atoms with Gasteiger partial charge in [0.05, 0.1) is 30.0 Å². The molecule has 0 radical (unpaired) electrons. The molecular weight excluding hydrogens is 427 g/mol. The maximum absolute atomic E-state index is 12.3. The molecule has 0 aliphatic carbocycles. The molecule has 2 aromatic heterocycles. The van der Waals surface area contributed by atoms with E-state index in [1.165, 1.54) is 0 Å². The van der Waals surface area contributed by atoms with Crippen LogP contribution in [0.4, 0.5) is 5.82 Å². The van der Waals surface area contributed by atoms with Gasteiger partial charge < -0.3 is 19.4 Å². The van der Waals surface area contributed by atoms with Crippen LogP contribution in [0.2, 0.25) is 10.0 Å². The van der Waals surface area contributed by atoms with Gasteiger partial charge in [0.25, 0.3) is 0 Å². The Balaban J connectivity index is 1.95. The van der Waals surface area contributed by atoms with Gasteiger partial charge in [-0.15, -0.1) is 0 Å². The highest BCUT2D eigenvalue weighted by atomic mass is 35.5. The summed E-state index contributed by atoms with van der Waals surface area (Å²) in [7, 11) is 1.60. The molecule has 1 N–H and O–H groups in total. The van der Waals surface area contributed by atoms with Gasteiger partial charge in [-0.1, -0.05) is 30.1 Å². The number of rotatable bonds is 10. The topological polar surface area (TPSA) is 80.5 Å². The molecule has 0 saturated carbocycles. The molecule has 160 valence electrons. The largest absolute Gasteiger partial charge is 0.467 e. The predicted molar refractivity (Wildman–Crippen MR) is 118 cm³/mol. The number of carbonyl (C=O) groups is 1. The number of nitrogens with zero attached hydrogens (tertiary/aromatic N) is 3. The molecule has 0 atom stereocenters. The summed E-state index contributed by atoms with van der Waals surface area (Å²) in [5.41, 5.74) is 0.636. The highest BCUT2D eigenvalue weighted by molar-refractivity contribution is 6.38. The molecule has 0 fully saturated rings. The van der Waals surface area contributed by atoms with Gasteiger partial charge in [0.2, 0.25) is 5.91 Å². The molecule has 9 heteroatoms. The molecule has 0 aliphatic heterocycles. The summed E-state index contributed by atoms with van der Waals surface area (Å²) in [5.74, 6) is 2.02. The minimum absolute atomic E-state index is 0.0679. The number of amides is 1. The fraction of sp³-hybridized carbons (Fsp3) is 0.381. The molecule has 3 aromatic rings. The molecule has 0 aliphatic rings. The van der Waals surface area contributed by atoms with Gasteiger partial charge in [-0.25, -0.2) is 9.97 Å². The zero-order chi connectivity index (χ0) is 21.5. The molecular formula is C21H24Cl2N4O3. The summed E-state index contributed by atoms with van der Waals surface area (Å²) in [6.07, 6.45) is 2.55. The lowest BCUT2D eigenvalue weighted by molar-refractivity contribution is -0.121.